The van der Waals surface area contributed by atoms with Gasteiger partial charge in [-0.25, -0.2) is 9.97 Å². The Morgan fingerprint density at radius 1 is 1.15 bits per heavy atom. The first-order valence-electron chi connectivity index (χ1n) is 8.31. The molecule has 7 heteroatoms. The molecule has 0 bridgehead atoms. The number of amides is 1. The number of nitrogens with zero attached hydrogens (tertiary/aromatic N) is 2. The van der Waals surface area contributed by atoms with Crippen molar-refractivity contribution in [2.75, 3.05) is 5.32 Å². The highest BCUT2D eigenvalue weighted by Crippen LogP contribution is 2.26. The lowest BCUT2D eigenvalue weighted by Gasteiger charge is -2.00. The molecule has 3 aromatic heterocycles. The molecule has 0 unspecified atom stereocenters. The Kier molecular flexibility index (Phi) is 3.95. The number of nitrogens with one attached hydrogen (secondary N) is 1. The third-order valence-corrected chi connectivity index (χ3v) is 5.98. The normalized spacial score (nSPS) is 11.3. The maximum Gasteiger partial charge on any atom is 0.261 e. The summed E-state index contributed by atoms with van der Waals surface area (Å²) in [5, 5.41) is 4.25. The van der Waals surface area contributed by atoms with Crippen LogP contribution in [0, 0.1) is 0 Å². The predicted molar refractivity (Wildman–Crippen MR) is 109 cm³/mol. The first kappa shape index (κ1) is 16.2. The fourth-order valence-electron chi connectivity index (χ4n) is 2.98. The molecular formula is C20H13N3O2S2. The molecule has 5 rings (SSSR count). The zero-order valence-electron chi connectivity index (χ0n) is 14.0. The zero-order valence-corrected chi connectivity index (χ0v) is 15.6. The van der Waals surface area contributed by atoms with E-state index in [2.05, 4.69) is 27.4 Å². The summed E-state index contributed by atoms with van der Waals surface area (Å²) in [5.74, 6) is -0.216. The minimum atomic E-state index is -0.216. The quantitative estimate of drug-likeness (QED) is 0.449. The van der Waals surface area contributed by atoms with Gasteiger partial charge in [-0.15, -0.1) is 22.7 Å². The van der Waals surface area contributed by atoms with Crippen LogP contribution in [0.5, 0.6) is 0 Å². The fourth-order valence-corrected chi connectivity index (χ4v) is 4.56. The van der Waals surface area contributed by atoms with Crippen LogP contribution in [-0.2, 0) is 6.42 Å². The number of para-hydroxylation sites is 1. The molecule has 0 radical (unpaired) electrons. The molecule has 0 atom stereocenters. The molecule has 3 heterocycles. The Labute approximate surface area is 162 Å². The Morgan fingerprint density at radius 2 is 2.07 bits per heavy atom. The highest BCUT2D eigenvalue weighted by atomic mass is 32.1. The van der Waals surface area contributed by atoms with Crippen molar-refractivity contribution in [1.29, 1.82) is 0 Å². The second-order valence-electron chi connectivity index (χ2n) is 6.06. The minimum Gasteiger partial charge on any atom is -0.463 e. The van der Waals surface area contributed by atoms with Crippen molar-refractivity contribution in [2.45, 2.75) is 6.42 Å². The second kappa shape index (κ2) is 6.61. The number of carbonyl (C=O) groups excluding carboxylic acids is 1. The van der Waals surface area contributed by atoms with Crippen molar-refractivity contribution >= 4 is 54.9 Å². The lowest BCUT2D eigenvalue weighted by atomic mass is 10.1. The van der Waals surface area contributed by atoms with Crippen molar-refractivity contribution in [2.24, 2.45) is 0 Å². The summed E-state index contributed by atoms with van der Waals surface area (Å²) in [6, 6.07) is 13.7. The molecule has 0 aliphatic heterocycles. The number of carbonyl (C=O) groups is 1. The lowest BCUT2D eigenvalue weighted by molar-refractivity contribution is 0.102. The lowest BCUT2D eigenvalue weighted by Crippen LogP contribution is -2.10. The fraction of sp³-hybridized carbons (Fsp3) is 0.0500. The van der Waals surface area contributed by atoms with Crippen LogP contribution in [0.15, 0.2) is 64.9 Å². The summed E-state index contributed by atoms with van der Waals surface area (Å²) in [7, 11) is 0. The molecule has 0 fully saturated rings. The molecule has 0 saturated heterocycles. The standard InChI is InChI=1S/C20H13N3O2S2/c24-19(15-10-25-17-4-2-1-3-14(15)17)23-20-21-9-13(27-20)7-12-5-6-16-18(8-12)26-11-22-16/h1-6,8-11H,7H2,(H,21,23,24). The maximum absolute atomic E-state index is 12.6. The van der Waals surface area contributed by atoms with Crippen molar-refractivity contribution in [3.8, 4) is 0 Å². The number of aromatic nitrogens is 2. The number of anilines is 1. The highest BCUT2D eigenvalue weighted by Gasteiger charge is 2.15. The smallest absolute Gasteiger partial charge is 0.261 e. The van der Waals surface area contributed by atoms with Crippen LogP contribution in [-0.4, -0.2) is 15.9 Å². The van der Waals surface area contributed by atoms with Gasteiger partial charge in [0.15, 0.2) is 5.13 Å². The van der Waals surface area contributed by atoms with Crippen LogP contribution in [0.2, 0.25) is 0 Å². The van der Waals surface area contributed by atoms with Gasteiger partial charge in [0.1, 0.15) is 11.8 Å². The number of hydrogen-bond donors (Lipinski definition) is 1. The van der Waals surface area contributed by atoms with E-state index in [0.717, 1.165) is 22.2 Å². The molecule has 132 valence electrons. The van der Waals surface area contributed by atoms with Crippen LogP contribution in [0.4, 0.5) is 5.13 Å². The van der Waals surface area contributed by atoms with Crippen LogP contribution in [0.25, 0.3) is 21.2 Å². The number of hydrogen-bond acceptors (Lipinski definition) is 6. The molecule has 0 spiro atoms. The molecular weight excluding hydrogens is 378 g/mol. The predicted octanol–water partition coefficient (Wildman–Crippen LogP) is 5.34. The van der Waals surface area contributed by atoms with E-state index < -0.39 is 0 Å². The van der Waals surface area contributed by atoms with E-state index in [1.54, 1.807) is 11.3 Å². The van der Waals surface area contributed by atoms with Gasteiger partial charge < -0.3 is 4.42 Å². The monoisotopic (exact) mass is 391 g/mol. The number of benzene rings is 2. The molecule has 27 heavy (non-hydrogen) atoms. The van der Waals surface area contributed by atoms with Crippen molar-refractivity contribution < 1.29 is 9.21 Å². The molecule has 0 aliphatic carbocycles. The van der Waals surface area contributed by atoms with Gasteiger partial charge in [0.2, 0.25) is 0 Å². The zero-order chi connectivity index (χ0) is 18.2. The molecule has 2 aromatic carbocycles. The third kappa shape index (κ3) is 3.11. The number of thiazole rings is 2. The van der Waals surface area contributed by atoms with Gasteiger partial charge in [0.05, 0.1) is 21.3 Å². The first-order chi connectivity index (χ1) is 13.3. The number of rotatable bonds is 4. The summed E-state index contributed by atoms with van der Waals surface area (Å²) < 4.78 is 6.62. The van der Waals surface area contributed by atoms with E-state index in [1.807, 2.05) is 42.0 Å². The van der Waals surface area contributed by atoms with Gasteiger partial charge in [0, 0.05) is 22.9 Å². The van der Waals surface area contributed by atoms with Gasteiger partial charge in [0.25, 0.3) is 5.91 Å². The van der Waals surface area contributed by atoms with Crippen LogP contribution in [0.1, 0.15) is 20.8 Å². The molecule has 0 aliphatic rings. The summed E-state index contributed by atoms with van der Waals surface area (Å²) in [5.41, 5.74) is 5.29. The van der Waals surface area contributed by atoms with Gasteiger partial charge in [-0.1, -0.05) is 24.3 Å². The summed E-state index contributed by atoms with van der Waals surface area (Å²) in [6.07, 6.45) is 4.07. The molecule has 5 aromatic rings. The van der Waals surface area contributed by atoms with Gasteiger partial charge >= 0.3 is 0 Å². The van der Waals surface area contributed by atoms with Crippen LogP contribution >= 0.6 is 22.7 Å². The number of furan rings is 1. The van der Waals surface area contributed by atoms with Gasteiger partial charge in [-0.3, -0.25) is 10.1 Å². The Hall–Kier alpha value is -3.03. The summed E-state index contributed by atoms with van der Waals surface area (Å²) in [4.78, 5) is 22.3. The van der Waals surface area contributed by atoms with Gasteiger partial charge in [-0.2, -0.15) is 0 Å². The van der Waals surface area contributed by atoms with E-state index in [-0.39, 0.29) is 5.91 Å². The second-order valence-corrected chi connectivity index (χ2v) is 8.06. The van der Waals surface area contributed by atoms with Crippen molar-refractivity contribution in [3.05, 3.63) is 76.4 Å². The Balaban J connectivity index is 1.33. The summed E-state index contributed by atoms with van der Waals surface area (Å²) in [6.45, 7) is 0. The Morgan fingerprint density at radius 3 is 3.04 bits per heavy atom. The van der Waals surface area contributed by atoms with E-state index in [1.165, 1.54) is 27.9 Å². The van der Waals surface area contributed by atoms with E-state index in [4.69, 9.17) is 4.42 Å². The SMILES string of the molecule is O=C(Nc1ncc(Cc2ccc3ncsc3c2)s1)c1coc2ccccc12. The van der Waals surface area contributed by atoms with Crippen molar-refractivity contribution in [1.82, 2.24) is 9.97 Å². The van der Waals surface area contributed by atoms with Crippen molar-refractivity contribution in [3.63, 3.8) is 0 Å². The van der Waals surface area contributed by atoms with Gasteiger partial charge in [-0.05, 0) is 23.8 Å². The first-order valence-corrected chi connectivity index (χ1v) is 10.0. The summed E-state index contributed by atoms with van der Waals surface area (Å²) >= 11 is 3.12. The average molecular weight is 391 g/mol. The van der Waals surface area contributed by atoms with Crippen LogP contribution < -0.4 is 5.32 Å². The third-order valence-electron chi connectivity index (χ3n) is 4.27. The highest BCUT2D eigenvalue weighted by molar-refractivity contribution is 7.16. The van der Waals surface area contributed by atoms with E-state index in [0.29, 0.717) is 16.3 Å². The minimum absolute atomic E-state index is 0.216. The molecule has 1 N–H and O–H groups in total. The number of fused-ring (bicyclic) bond motifs is 2. The van der Waals surface area contributed by atoms with Crippen LogP contribution in [0.3, 0.4) is 0 Å². The molecule has 0 saturated carbocycles. The molecule has 1 amide bonds. The van der Waals surface area contributed by atoms with E-state index in [9.17, 15) is 4.79 Å². The largest absolute Gasteiger partial charge is 0.463 e. The topological polar surface area (TPSA) is 68.0 Å². The molecule has 5 nitrogen and oxygen atoms in total. The van der Waals surface area contributed by atoms with E-state index >= 15 is 0 Å². The maximum atomic E-state index is 12.6. The Bertz CT molecular complexity index is 1270. The average Bonchev–Trinajstić information content (AvgIpc) is 3.40.